The van der Waals surface area contributed by atoms with Crippen molar-refractivity contribution >= 4 is 17.3 Å². The number of hydrogen-bond donors (Lipinski definition) is 2. The molecule has 8 heteroatoms. The summed E-state index contributed by atoms with van der Waals surface area (Å²) < 4.78 is 6.01. The second kappa shape index (κ2) is 8.31. The zero-order chi connectivity index (χ0) is 18.6. The van der Waals surface area contributed by atoms with Gasteiger partial charge in [0, 0.05) is 17.7 Å². The van der Waals surface area contributed by atoms with Gasteiger partial charge in [-0.25, -0.2) is 4.85 Å². The highest BCUT2D eigenvalue weighted by atomic mass is 16.5. The van der Waals surface area contributed by atoms with Gasteiger partial charge in [0.05, 0.1) is 6.57 Å². The highest BCUT2D eigenvalue weighted by molar-refractivity contribution is 6.04. The smallest absolute Gasteiger partial charge is 0.255 e. The number of fused-ring (bicyclic) bond motifs is 1. The molecule has 3 aromatic rings. The molecule has 1 aliphatic heterocycles. The Morgan fingerprint density at radius 3 is 2.82 bits per heavy atom. The molecule has 0 spiro atoms. The maximum Gasteiger partial charge on any atom is 0.255 e. The maximum atomic E-state index is 12.4. The van der Waals surface area contributed by atoms with E-state index in [4.69, 9.17) is 11.3 Å². The van der Waals surface area contributed by atoms with Crippen LogP contribution in [0.15, 0.2) is 42.5 Å². The molecular weight excluding hydrogens is 356 g/mol. The third-order valence-electron chi connectivity index (χ3n) is 4.41. The highest BCUT2D eigenvalue weighted by Gasteiger charge is 2.22. The topological polar surface area (TPSA) is 97.2 Å². The highest BCUT2D eigenvalue weighted by Crippen LogP contribution is 2.31. The summed E-state index contributed by atoms with van der Waals surface area (Å²) in [5.41, 5.74) is 2.79. The Bertz CT molecular complexity index is 993. The van der Waals surface area contributed by atoms with Crippen molar-refractivity contribution in [2.75, 3.05) is 5.32 Å². The monoisotopic (exact) mass is 376 g/mol. The van der Waals surface area contributed by atoms with Crippen LogP contribution in [0.4, 0.5) is 11.4 Å². The van der Waals surface area contributed by atoms with Gasteiger partial charge in [-0.2, -0.15) is 5.21 Å². The van der Waals surface area contributed by atoms with Crippen LogP contribution in [0.1, 0.15) is 35.6 Å². The quantitative estimate of drug-likeness (QED) is 0.679. The molecule has 4 rings (SSSR count). The largest absolute Gasteiger partial charge is 0.490 e. The molecule has 0 fully saturated rings. The first kappa shape index (κ1) is 19.0. The Morgan fingerprint density at radius 2 is 2.11 bits per heavy atom. The van der Waals surface area contributed by atoms with Crippen molar-refractivity contribution in [1.29, 1.82) is 0 Å². The van der Waals surface area contributed by atoms with E-state index in [-0.39, 0.29) is 19.4 Å². The number of ether oxygens (including phenoxy) is 1. The fraction of sp³-hybridized carbons (Fsp3) is 0.250. The first-order chi connectivity index (χ1) is 13.2. The molecule has 1 aliphatic rings. The van der Waals surface area contributed by atoms with Crippen LogP contribution in [-0.4, -0.2) is 32.6 Å². The van der Waals surface area contributed by atoms with Crippen LogP contribution in [0.3, 0.4) is 0 Å². The number of aryl methyl sites for hydroxylation is 1. The number of nitrogens with zero attached hydrogens (tertiary/aromatic N) is 4. The number of tetrazole rings is 1. The van der Waals surface area contributed by atoms with Crippen LogP contribution in [-0.2, 0) is 12.8 Å². The molecule has 0 bridgehead atoms. The number of H-pyrrole nitrogens is 1. The minimum absolute atomic E-state index is 0. The van der Waals surface area contributed by atoms with E-state index in [1.165, 1.54) is 0 Å². The van der Waals surface area contributed by atoms with Crippen molar-refractivity contribution in [1.82, 2.24) is 20.6 Å². The number of aromatic amines is 1. The van der Waals surface area contributed by atoms with E-state index in [0.29, 0.717) is 29.2 Å². The third-order valence-corrected chi connectivity index (χ3v) is 4.41. The molecule has 0 radical (unpaired) electrons. The van der Waals surface area contributed by atoms with Gasteiger partial charge in [0.25, 0.3) is 5.91 Å². The first-order valence-corrected chi connectivity index (χ1v) is 8.52. The minimum Gasteiger partial charge on any atom is -0.490 e. The lowest BCUT2D eigenvalue weighted by Gasteiger charge is -2.25. The van der Waals surface area contributed by atoms with E-state index < -0.39 is 0 Å². The van der Waals surface area contributed by atoms with E-state index in [1.807, 2.05) is 18.2 Å². The fourth-order valence-electron chi connectivity index (χ4n) is 3.03. The molecule has 0 saturated heterocycles. The summed E-state index contributed by atoms with van der Waals surface area (Å²) in [5.74, 6) is 1.24. The average molecular weight is 376 g/mol. The van der Waals surface area contributed by atoms with Gasteiger partial charge >= 0.3 is 0 Å². The number of rotatable bonds is 4. The van der Waals surface area contributed by atoms with Gasteiger partial charge in [-0.3, -0.25) is 4.79 Å². The normalized spacial score (nSPS) is 14.8. The summed E-state index contributed by atoms with van der Waals surface area (Å²) in [5, 5.41) is 16.8. The Balaban J connectivity index is 0.00000225. The van der Waals surface area contributed by atoms with E-state index in [0.717, 1.165) is 24.2 Å². The predicted molar refractivity (Wildman–Crippen MR) is 104 cm³/mol. The van der Waals surface area contributed by atoms with Gasteiger partial charge in [0.2, 0.25) is 0 Å². The zero-order valence-corrected chi connectivity index (χ0v) is 14.3. The summed E-state index contributed by atoms with van der Waals surface area (Å²) in [7, 11) is 0. The number of benzene rings is 2. The molecule has 0 aliphatic carbocycles. The minimum atomic E-state index is -0.210. The summed E-state index contributed by atoms with van der Waals surface area (Å²) in [6, 6.07) is 12.2. The Labute approximate surface area is 162 Å². The standard InChI is InChI=1S/C19H16N6O2.CH4/c1-20-14-5-2-12(3-6-14)19(26)21-15-7-9-17-13(10-15)4-8-16(27-17)11-18-22-24-25-23-18;/h2-3,5-7,9-10,16H,4,8,11H2,(H,21,26)(H,22,23,24,25);1H4. The van der Waals surface area contributed by atoms with Crippen molar-refractivity contribution in [2.24, 2.45) is 0 Å². The Kier molecular flexibility index (Phi) is 5.65. The van der Waals surface area contributed by atoms with Crippen molar-refractivity contribution in [3.8, 4) is 5.75 Å². The van der Waals surface area contributed by atoms with Gasteiger partial charge < -0.3 is 10.1 Å². The molecule has 1 atom stereocenters. The number of aromatic nitrogens is 4. The predicted octanol–water partition coefficient (Wildman–Crippen LogP) is 3.58. The summed E-state index contributed by atoms with van der Waals surface area (Å²) in [4.78, 5) is 15.7. The van der Waals surface area contributed by atoms with Crippen molar-refractivity contribution in [3.63, 3.8) is 0 Å². The van der Waals surface area contributed by atoms with Gasteiger partial charge in [0.15, 0.2) is 11.5 Å². The molecule has 2 N–H and O–H groups in total. The molecule has 28 heavy (non-hydrogen) atoms. The second-order valence-electron chi connectivity index (χ2n) is 6.25. The van der Waals surface area contributed by atoms with Crippen molar-refractivity contribution in [2.45, 2.75) is 32.8 Å². The van der Waals surface area contributed by atoms with E-state index in [9.17, 15) is 4.79 Å². The molecular formula is C20H20N6O2. The first-order valence-electron chi connectivity index (χ1n) is 8.52. The Hall–Kier alpha value is -3.73. The fourth-order valence-corrected chi connectivity index (χ4v) is 3.03. The van der Waals surface area contributed by atoms with Crippen LogP contribution < -0.4 is 10.1 Å². The molecule has 8 nitrogen and oxygen atoms in total. The second-order valence-corrected chi connectivity index (χ2v) is 6.25. The molecule has 1 unspecified atom stereocenters. The van der Waals surface area contributed by atoms with Gasteiger partial charge in [-0.1, -0.05) is 36.9 Å². The van der Waals surface area contributed by atoms with Crippen molar-refractivity contribution in [3.05, 3.63) is 70.8 Å². The lowest BCUT2D eigenvalue weighted by molar-refractivity contribution is 0.102. The van der Waals surface area contributed by atoms with Crippen LogP contribution in [0.5, 0.6) is 5.75 Å². The van der Waals surface area contributed by atoms with Crippen molar-refractivity contribution < 1.29 is 9.53 Å². The maximum absolute atomic E-state index is 12.4. The number of anilines is 1. The molecule has 0 saturated carbocycles. The molecule has 2 heterocycles. The number of carbonyl (C=O) groups excluding carboxylic acids is 1. The SMILES string of the molecule is C.[C-]#[N+]c1ccc(C(=O)Nc2ccc3c(c2)CCC(Cc2nn[nH]n2)O3)cc1. The van der Waals surface area contributed by atoms with Gasteiger partial charge in [0.1, 0.15) is 11.9 Å². The summed E-state index contributed by atoms with van der Waals surface area (Å²) >= 11 is 0. The summed E-state index contributed by atoms with van der Waals surface area (Å²) in [6.45, 7) is 6.96. The van der Waals surface area contributed by atoms with E-state index in [1.54, 1.807) is 24.3 Å². The van der Waals surface area contributed by atoms with E-state index in [2.05, 4.69) is 30.8 Å². The molecule has 1 amide bonds. The van der Waals surface area contributed by atoms with Gasteiger partial charge in [-0.05, 0) is 36.6 Å². The summed E-state index contributed by atoms with van der Waals surface area (Å²) in [6.07, 6.45) is 2.31. The molecule has 1 aromatic heterocycles. The number of amides is 1. The average Bonchev–Trinajstić information content (AvgIpc) is 3.21. The lowest BCUT2D eigenvalue weighted by Crippen LogP contribution is -2.25. The van der Waals surface area contributed by atoms with E-state index >= 15 is 0 Å². The zero-order valence-electron chi connectivity index (χ0n) is 14.3. The Morgan fingerprint density at radius 1 is 1.29 bits per heavy atom. The number of hydrogen-bond acceptors (Lipinski definition) is 5. The molecule has 142 valence electrons. The van der Waals surface area contributed by atoms with Crippen LogP contribution in [0.2, 0.25) is 0 Å². The number of carbonyl (C=O) groups is 1. The third kappa shape index (κ3) is 4.15. The van der Waals surface area contributed by atoms with Crippen LogP contribution in [0, 0.1) is 6.57 Å². The number of nitrogens with one attached hydrogen (secondary N) is 2. The van der Waals surface area contributed by atoms with Crippen LogP contribution >= 0.6 is 0 Å². The molecule has 2 aromatic carbocycles. The lowest BCUT2D eigenvalue weighted by atomic mass is 9.99. The van der Waals surface area contributed by atoms with Gasteiger partial charge in [-0.15, -0.1) is 10.2 Å². The van der Waals surface area contributed by atoms with Crippen LogP contribution in [0.25, 0.3) is 4.85 Å².